The molecular formula is C6H12O2S. The summed E-state index contributed by atoms with van der Waals surface area (Å²) in [5.74, 6) is 0. The molecule has 3 heteroatoms. The molecule has 1 saturated heterocycles. The molecule has 1 aliphatic rings. The van der Waals surface area contributed by atoms with Crippen LogP contribution in [0.3, 0.4) is 0 Å². The molecule has 1 rings (SSSR count). The van der Waals surface area contributed by atoms with Crippen molar-refractivity contribution in [3.8, 4) is 0 Å². The lowest BCUT2D eigenvalue weighted by Crippen LogP contribution is -2.10. The molecule has 0 spiro atoms. The molecule has 1 aliphatic heterocycles. The Bertz CT molecular complexity index is 214. The number of hydrogen-bond acceptors (Lipinski definition) is 2. The van der Waals surface area contributed by atoms with Gasteiger partial charge in [0.2, 0.25) is 0 Å². The van der Waals surface area contributed by atoms with Crippen LogP contribution in [-0.2, 0) is 9.84 Å². The van der Waals surface area contributed by atoms with Gasteiger partial charge in [-0.1, -0.05) is 0 Å². The monoisotopic (exact) mass is 148 g/mol. The van der Waals surface area contributed by atoms with Crippen molar-refractivity contribution >= 4 is 9.84 Å². The minimum atomic E-state index is -2.77. The smallest absolute Gasteiger partial charge is 0.163 e. The average Bonchev–Trinajstić information content (AvgIpc) is 1.84. The van der Waals surface area contributed by atoms with Crippen molar-refractivity contribution < 1.29 is 8.42 Å². The molecule has 0 aromatic heterocycles. The molecule has 0 amide bonds. The molecule has 0 radical (unpaired) electrons. The van der Waals surface area contributed by atoms with Gasteiger partial charge in [-0.15, -0.1) is 0 Å². The minimum absolute atomic E-state index is 0.486. The van der Waals surface area contributed by atoms with Gasteiger partial charge in [0, 0.05) is 0 Å². The Morgan fingerprint density at radius 2 is 1.00 bits per heavy atom. The SMILES string of the molecule is CC1(C)C(C)(C)S1(=O)=O. The highest BCUT2D eigenvalue weighted by Gasteiger charge is 2.72. The fraction of sp³-hybridized carbons (Fsp3) is 1.00. The van der Waals surface area contributed by atoms with Crippen LogP contribution in [0.2, 0.25) is 0 Å². The molecule has 0 atom stereocenters. The molecule has 0 N–H and O–H groups in total. The molecule has 0 aliphatic carbocycles. The van der Waals surface area contributed by atoms with Crippen molar-refractivity contribution in [2.24, 2.45) is 0 Å². The lowest BCUT2D eigenvalue weighted by molar-refractivity contribution is 0.606. The van der Waals surface area contributed by atoms with Crippen LogP contribution in [-0.4, -0.2) is 17.9 Å². The van der Waals surface area contributed by atoms with Gasteiger partial charge in [0.1, 0.15) is 0 Å². The van der Waals surface area contributed by atoms with Crippen LogP contribution in [0, 0.1) is 0 Å². The van der Waals surface area contributed by atoms with Gasteiger partial charge < -0.3 is 0 Å². The second kappa shape index (κ2) is 1.19. The highest BCUT2D eigenvalue weighted by Crippen LogP contribution is 2.54. The predicted octanol–water partition coefficient (Wildman–Crippen LogP) is 0.972. The maximum Gasteiger partial charge on any atom is 0.163 e. The summed E-state index contributed by atoms with van der Waals surface area (Å²) in [7, 11) is -2.77. The Morgan fingerprint density at radius 3 is 1.00 bits per heavy atom. The highest BCUT2D eigenvalue weighted by atomic mass is 32.2. The molecule has 1 heterocycles. The second-order valence-electron chi connectivity index (χ2n) is 3.52. The summed E-state index contributed by atoms with van der Waals surface area (Å²) >= 11 is 0. The maximum atomic E-state index is 11.0. The first-order valence-electron chi connectivity index (χ1n) is 2.99. The molecule has 0 aromatic rings. The Hall–Kier alpha value is -0.0500. The van der Waals surface area contributed by atoms with Crippen molar-refractivity contribution in [3.05, 3.63) is 0 Å². The van der Waals surface area contributed by atoms with Crippen molar-refractivity contribution in [2.45, 2.75) is 37.2 Å². The van der Waals surface area contributed by atoms with Crippen molar-refractivity contribution in [2.75, 3.05) is 0 Å². The van der Waals surface area contributed by atoms with Gasteiger partial charge in [-0.2, -0.15) is 0 Å². The fourth-order valence-corrected chi connectivity index (χ4v) is 3.14. The summed E-state index contributed by atoms with van der Waals surface area (Å²) in [5.41, 5.74) is 0. The van der Waals surface area contributed by atoms with Gasteiger partial charge >= 0.3 is 0 Å². The molecule has 9 heavy (non-hydrogen) atoms. The third kappa shape index (κ3) is 0.452. The zero-order valence-corrected chi connectivity index (χ0v) is 7.04. The minimum Gasteiger partial charge on any atom is -0.228 e. The predicted molar refractivity (Wildman–Crippen MR) is 37.1 cm³/mol. The molecular weight excluding hydrogens is 136 g/mol. The van der Waals surface area contributed by atoms with Gasteiger partial charge in [-0.3, -0.25) is 0 Å². The first kappa shape index (κ1) is 7.06. The zero-order chi connectivity index (χ0) is 7.50. The topological polar surface area (TPSA) is 34.1 Å². The standard InChI is InChI=1S/C6H12O2S/c1-5(2)6(3,4)9(5,7)8/h1-4H3. The summed E-state index contributed by atoms with van der Waals surface area (Å²) < 4.78 is 21.1. The average molecular weight is 148 g/mol. The number of sulfone groups is 1. The van der Waals surface area contributed by atoms with Gasteiger partial charge in [-0.05, 0) is 27.7 Å². The molecule has 0 saturated carbocycles. The van der Waals surface area contributed by atoms with Crippen LogP contribution in [0.4, 0.5) is 0 Å². The van der Waals surface area contributed by atoms with E-state index in [1.54, 1.807) is 27.7 Å². The van der Waals surface area contributed by atoms with Gasteiger partial charge in [0.25, 0.3) is 0 Å². The Kier molecular flexibility index (Phi) is 0.935. The van der Waals surface area contributed by atoms with E-state index >= 15 is 0 Å². The lowest BCUT2D eigenvalue weighted by atomic mass is 10.0. The van der Waals surface area contributed by atoms with E-state index in [-0.39, 0.29) is 0 Å². The van der Waals surface area contributed by atoms with Crippen LogP contribution < -0.4 is 0 Å². The van der Waals surface area contributed by atoms with E-state index in [9.17, 15) is 8.42 Å². The van der Waals surface area contributed by atoms with E-state index in [4.69, 9.17) is 0 Å². The summed E-state index contributed by atoms with van der Waals surface area (Å²) in [6, 6.07) is 0. The zero-order valence-electron chi connectivity index (χ0n) is 6.22. The summed E-state index contributed by atoms with van der Waals surface area (Å²) in [4.78, 5) is 0. The van der Waals surface area contributed by atoms with Gasteiger partial charge in [0.15, 0.2) is 9.84 Å². The summed E-state index contributed by atoms with van der Waals surface area (Å²) in [6.45, 7) is 7.06. The normalized spacial score (nSPS) is 33.8. The Balaban J connectivity index is 3.22. The van der Waals surface area contributed by atoms with Crippen LogP contribution >= 0.6 is 0 Å². The third-order valence-electron chi connectivity index (χ3n) is 2.75. The molecule has 1 fully saturated rings. The van der Waals surface area contributed by atoms with Gasteiger partial charge in [-0.25, -0.2) is 8.42 Å². The molecule has 0 aromatic carbocycles. The lowest BCUT2D eigenvalue weighted by Gasteiger charge is -1.96. The largest absolute Gasteiger partial charge is 0.228 e. The second-order valence-corrected chi connectivity index (χ2v) is 6.57. The summed E-state index contributed by atoms with van der Waals surface area (Å²) in [6.07, 6.45) is 0. The molecule has 0 bridgehead atoms. The first-order chi connectivity index (χ1) is 3.75. The van der Waals surface area contributed by atoms with E-state index in [0.717, 1.165) is 0 Å². The van der Waals surface area contributed by atoms with Gasteiger partial charge in [0.05, 0.1) is 9.49 Å². The van der Waals surface area contributed by atoms with Crippen molar-refractivity contribution in [1.82, 2.24) is 0 Å². The Labute approximate surface area is 56.2 Å². The third-order valence-corrected chi connectivity index (χ3v) is 6.26. The molecule has 54 valence electrons. The van der Waals surface area contributed by atoms with E-state index in [2.05, 4.69) is 0 Å². The van der Waals surface area contributed by atoms with E-state index in [1.165, 1.54) is 0 Å². The van der Waals surface area contributed by atoms with Crippen LogP contribution in [0.25, 0.3) is 0 Å². The maximum absolute atomic E-state index is 11.0. The van der Waals surface area contributed by atoms with Crippen molar-refractivity contribution in [3.63, 3.8) is 0 Å². The molecule has 2 nitrogen and oxygen atoms in total. The van der Waals surface area contributed by atoms with E-state index in [1.807, 2.05) is 0 Å². The molecule has 0 unspecified atom stereocenters. The Morgan fingerprint density at radius 1 is 0.889 bits per heavy atom. The van der Waals surface area contributed by atoms with Crippen LogP contribution in [0.15, 0.2) is 0 Å². The quantitative estimate of drug-likeness (QED) is 0.480. The van der Waals surface area contributed by atoms with Crippen LogP contribution in [0.1, 0.15) is 27.7 Å². The summed E-state index contributed by atoms with van der Waals surface area (Å²) in [5, 5.41) is 0. The number of rotatable bonds is 0. The van der Waals surface area contributed by atoms with E-state index in [0.29, 0.717) is 0 Å². The number of hydrogen-bond donors (Lipinski definition) is 0. The fourth-order valence-electron chi connectivity index (χ4n) is 0.980. The van der Waals surface area contributed by atoms with Crippen LogP contribution in [0.5, 0.6) is 0 Å². The van der Waals surface area contributed by atoms with E-state index < -0.39 is 19.3 Å². The highest BCUT2D eigenvalue weighted by molar-refractivity contribution is 8.01. The van der Waals surface area contributed by atoms with Crippen molar-refractivity contribution in [1.29, 1.82) is 0 Å². The first-order valence-corrected chi connectivity index (χ1v) is 4.47.